The molecule has 1 radical (unpaired) electrons. The molecule has 0 unspecified atom stereocenters. The predicted molar refractivity (Wildman–Crippen MR) is 51.5 cm³/mol. The van der Waals surface area contributed by atoms with Crippen LogP contribution in [0, 0.1) is 6.42 Å². The number of aromatic nitrogens is 1. The highest BCUT2D eigenvalue weighted by molar-refractivity contribution is 6.41. The minimum Gasteiger partial charge on any atom is -0.370 e. The number of nitrogens with zero attached hydrogens (tertiary/aromatic N) is 1. The van der Waals surface area contributed by atoms with Gasteiger partial charge in [-0.15, -0.1) is 0 Å². The Hall–Kier alpha value is -0.800. The van der Waals surface area contributed by atoms with Crippen molar-refractivity contribution in [2.45, 2.75) is 6.42 Å². The standard InChI is InChI=1S/C8H7Cl2N2O/c9-6-3-5(1-2-7(11)13)4-12-8(6)10/h1,3-4H,2H2,(H2,11,13). The van der Waals surface area contributed by atoms with Crippen LogP contribution in [0.3, 0.4) is 0 Å². The van der Waals surface area contributed by atoms with Crippen molar-refractivity contribution in [3.8, 4) is 0 Å². The quantitative estimate of drug-likeness (QED) is 0.786. The molecule has 1 aromatic heterocycles. The number of rotatable bonds is 3. The highest BCUT2D eigenvalue weighted by Gasteiger charge is 2.02. The molecular weight excluding hydrogens is 211 g/mol. The van der Waals surface area contributed by atoms with Crippen molar-refractivity contribution in [1.82, 2.24) is 4.98 Å². The second kappa shape index (κ2) is 4.44. The molecule has 0 fully saturated rings. The monoisotopic (exact) mass is 217 g/mol. The number of primary amides is 1. The van der Waals surface area contributed by atoms with Crippen molar-refractivity contribution < 1.29 is 4.79 Å². The summed E-state index contributed by atoms with van der Waals surface area (Å²) in [5.74, 6) is -0.397. The first-order valence-corrected chi connectivity index (χ1v) is 4.28. The molecule has 0 atom stereocenters. The van der Waals surface area contributed by atoms with Gasteiger partial charge in [0.25, 0.3) is 0 Å². The SMILES string of the molecule is NC(=O)C[CH]c1cnc(Cl)c(Cl)c1. The van der Waals surface area contributed by atoms with Crippen molar-refractivity contribution in [1.29, 1.82) is 0 Å². The molecule has 1 amide bonds. The topological polar surface area (TPSA) is 56.0 Å². The highest BCUT2D eigenvalue weighted by Crippen LogP contribution is 2.20. The predicted octanol–water partition coefficient (Wildman–Crippen LogP) is 1.82. The zero-order chi connectivity index (χ0) is 9.84. The molecule has 0 aliphatic rings. The summed E-state index contributed by atoms with van der Waals surface area (Å²) in [6.45, 7) is 0. The molecule has 1 heterocycles. The van der Waals surface area contributed by atoms with E-state index in [2.05, 4.69) is 4.98 Å². The van der Waals surface area contributed by atoms with Crippen LogP contribution in [-0.4, -0.2) is 10.9 Å². The Morgan fingerprint density at radius 3 is 2.85 bits per heavy atom. The van der Waals surface area contributed by atoms with Gasteiger partial charge in [-0.3, -0.25) is 4.79 Å². The number of halogens is 2. The maximum Gasteiger partial charge on any atom is 0.218 e. The van der Waals surface area contributed by atoms with Crippen LogP contribution in [0.4, 0.5) is 0 Å². The van der Waals surface area contributed by atoms with Crippen LogP contribution < -0.4 is 5.73 Å². The fraction of sp³-hybridized carbons (Fsp3) is 0.125. The summed E-state index contributed by atoms with van der Waals surface area (Å²) in [4.78, 5) is 14.2. The second-order valence-corrected chi connectivity index (χ2v) is 3.18. The largest absolute Gasteiger partial charge is 0.370 e. The van der Waals surface area contributed by atoms with Gasteiger partial charge in [-0.05, 0) is 11.6 Å². The van der Waals surface area contributed by atoms with Gasteiger partial charge >= 0.3 is 0 Å². The first-order chi connectivity index (χ1) is 6.09. The Morgan fingerprint density at radius 2 is 2.31 bits per heavy atom. The lowest BCUT2D eigenvalue weighted by Crippen LogP contribution is -2.10. The molecule has 5 heteroatoms. The minimum absolute atomic E-state index is 0.166. The Bertz CT molecular complexity index is 328. The summed E-state index contributed by atoms with van der Waals surface area (Å²) in [5, 5.41) is 0.609. The van der Waals surface area contributed by atoms with Crippen LogP contribution in [0.25, 0.3) is 0 Å². The van der Waals surface area contributed by atoms with Crippen molar-refractivity contribution >= 4 is 29.1 Å². The van der Waals surface area contributed by atoms with E-state index < -0.39 is 5.91 Å². The third-order valence-electron chi connectivity index (χ3n) is 1.36. The van der Waals surface area contributed by atoms with E-state index in [9.17, 15) is 4.79 Å². The van der Waals surface area contributed by atoms with Gasteiger partial charge in [-0.1, -0.05) is 23.2 Å². The number of hydrogen-bond acceptors (Lipinski definition) is 2. The van der Waals surface area contributed by atoms with Crippen LogP contribution in [0.1, 0.15) is 12.0 Å². The molecule has 3 nitrogen and oxygen atoms in total. The summed E-state index contributed by atoms with van der Waals surface area (Å²) < 4.78 is 0. The number of carbonyl (C=O) groups excluding carboxylic acids is 1. The first kappa shape index (κ1) is 10.3. The second-order valence-electron chi connectivity index (χ2n) is 2.42. The maximum atomic E-state index is 10.4. The molecule has 2 N–H and O–H groups in total. The smallest absolute Gasteiger partial charge is 0.218 e. The number of hydrogen-bond donors (Lipinski definition) is 1. The average Bonchev–Trinajstić information content (AvgIpc) is 2.07. The lowest BCUT2D eigenvalue weighted by Gasteiger charge is -1.99. The van der Waals surface area contributed by atoms with Crippen LogP contribution in [0.5, 0.6) is 0 Å². The Balaban J connectivity index is 2.68. The third-order valence-corrected chi connectivity index (χ3v) is 2.04. The lowest BCUT2D eigenvalue weighted by molar-refractivity contribution is -0.117. The van der Waals surface area contributed by atoms with Gasteiger partial charge in [0.2, 0.25) is 5.91 Å². The fourth-order valence-electron chi connectivity index (χ4n) is 0.766. The van der Waals surface area contributed by atoms with E-state index in [1.165, 1.54) is 6.20 Å². The van der Waals surface area contributed by atoms with E-state index in [0.29, 0.717) is 5.02 Å². The van der Waals surface area contributed by atoms with E-state index in [4.69, 9.17) is 28.9 Å². The number of nitrogens with two attached hydrogens (primary N) is 1. The Morgan fingerprint density at radius 1 is 1.62 bits per heavy atom. The molecule has 69 valence electrons. The summed E-state index contributed by atoms with van der Waals surface area (Å²) in [6.07, 6.45) is 3.33. The van der Waals surface area contributed by atoms with Crippen LogP contribution >= 0.6 is 23.2 Å². The van der Waals surface area contributed by atoms with Gasteiger partial charge in [-0.25, -0.2) is 4.98 Å². The molecule has 1 aromatic rings. The van der Waals surface area contributed by atoms with Crippen molar-refractivity contribution in [2.24, 2.45) is 5.73 Å². The van der Waals surface area contributed by atoms with E-state index >= 15 is 0 Å². The van der Waals surface area contributed by atoms with Gasteiger partial charge in [-0.2, -0.15) is 0 Å². The third kappa shape index (κ3) is 3.20. The summed E-state index contributed by atoms with van der Waals surface area (Å²) in [5.41, 5.74) is 5.69. The lowest BCUT2D eigenvalue weighted by atomic mass is 10.1. The summed E-state index contributed by atoms with van der Waals surface area (Å²) in [6, 6.07) is 1.62. The van der Waals surface area contributed by atoms with Gasteiger partial charge in [0.15, 0.2) is 0 Å². The van der Waals surface area contributed by atoms with E-state index in [0.717, 1.165) is 5.56 Å². The van der Waals surface area contributed by atoms with Crippen LogP contribution in [0.2, 0.25) is 10.2 Å². The summed E-state index contributed by atoms with van der Waals surface area (Å²) in [7, 11) is 0. The van der Waals surface area contributed by atoms with Gasteiger partial charge in [0, 0.05) is 19.0 Å². The normalized spacial score (nSPS) is 10.0. The average molecular weight is 218 g/mol. The van der Waals surface area contributed by atoms with Crippen LogP contribution in [-0.2, 0) is 4.79 Å². The molecule has 0 aliphatic carbocycles. The van der Waals surface area contributed by atoms with Crippen LogP contribution in [0.15, 0.2) is 12.3 Å². The molecule has 0 saturated heterocycles. The van der Waals surface area contributed by atoms with Gasteiger partial charge < -0.3 is 5.73 Å². The highest BCUT2D eigenvalue weighted by atomic mass is 35.5. The van der Waals surface area contributed by atoms with Gasteiger partial charge in [0.1, 0.15) is 5.15 Å². The number of carbonyl (C=O) groups is 1. The van der Waals surface area contributed by atoms with Gasteiger partial charge in [0.05, 0.1) is 5.02 Å². The maximum absolute atomic E-state index is 10.4. The molecule has 0 aliphatic heterocycles. The zero-order valence-electron chi connectivity index (χ0n) is 6.63. The molecule has 0 spiro atoms. The van der Waals surface area contributed by atoms with Crippen molar-refractivity contribution in [3.05, 3.63) is 34.4 Å². The molecule has 0 saturated carbocycles. The Labute approximate surface area is 85.9 Å². The molecule has 1 rings (SSSR count). The molecular formula is C8H7Cl2N2O. The van der Waals surface area contributed by atoms with Crippen molar-refractivity contribution in [3.63, 3.8) is 0 Å². The van der Waals surface area contributed by atoms with E-state index in [1.807, 2.05) is 0 Å². The zero-order valence-corrected chi connectivity index (χ0v) is 8.14. The first-order valence-electron chi connectivity index (χ1n) is 3.52. The van der Waals surface area contributed by atoms with E-state index in [-0.39, 0.29) is 11.6 Å². The molecule has 0 aromatic carbocycles. The fourth-order valence-corrected chi connectivity index (χ4v) is 1.04. The Kier molecular flexibility index (Phi) is 3.51. The molecule has 13 heavy (non-hydrogen) atoms. The van der Waals surface area contributed by atoms with Crippen molar-refractivity contribution in [2.75, 3.05) is 0 Å². The minimum atomic E-state index is -0.397. The number of pyridine rings is 1. The van der Waals surface area contributed by atoms with E-state index in [1.54, 1.807) is 12.5 Å². The summed E-state index contributed by atoms with van der Waals surface area (Å²) >= 11 is 11.3. The molecule has 0 bridgehead atoms. The number of amides is 1.